The topological polar surface area (TPSA) is 52.0 Å². The Morgan fingerprint density at radius 3 is 2.40 bits per heavy atom. The molecular weight excluding hydrogens is 416 g/mol. The van der Waals surface area contributed by atoms with Crippen LogP contribution in [0.1, 0.15) is 22.8 Å². The lowest BCUT2D eigenvalue weighted by atomic mass is 10.1. The Hall–Kier alpha value is -2.89. The molecule has 0 saturated carbocycles. The molecule has 0 atom stereocenters. The molecule has 0 aliphatic carbocycles. The molecule has 1 aromatic heterocycles. The summed E-state index contributed by atoms with van der Waals surface area (Å²) < 4.78 is 1.58. The highest BCUT2D eigenvalue weighted by Crippen LogP contribution is 2.23. The van der Waals surface area contributed by atoms with E-state index in [2.05, 4.69) is 11.9 Å². The van der Waals surface area contributed by atoms with Gasteiger partial charge in [-0.2, -0.15) is 0 Å². The van der Waals surface area contributed by atoms with Crippen LogP contribution < -0.4 is 5.56 Å². The minimum absolute atomic E-state index is 0.0491. The Bertz CT molecular complexity index is 1270. The van der Waals surface area contributed by atoms with Crippen molar-refractivity contribution in [2.45, 2.75) is 18.5 Å². The molecule has 150 valence electrons. The first-order chi connectivity index (χ1) is 14.6. The second-order valence-electron chi connectivity index (χ2n) is 6.79. The van der Waals surface area contributed by atoms with Crippen LogP contribution in [0.3, 0.4) is 0 Å². The molecule has 0 aliphatic heterocycles. The number of Topliss-reactive ketones (excluding diaryl/α,β-unsaturated/α-hetero) is 1. The average Bonchev–Trinajstić information content (AvgIpc) is 2.78. The van der Waals surface area contributed by atoms with Crippen LogP contribution in [0.5, 0.6) is 0 Å². The highest BCUT2D eigenvalue weighted by molar-refractivity contribution is 7.99. The Morgan fingerprint density at radius 1 is 1.00 bits per heavy atom. The quantitative estimate of drug-likeness (QED) is 0.226. The van der Waals surface area contributed by atoms with Gasteiger partial charge in [-0.1, -0.05) is 54.6 Å². The van der Waals surface area contributed by atoms with E-state index in [4.69, 9.17) is 11.6 Å². The van der Waals surface area contributed by atoms with Gasteiger partial charge in [0.1, 0.15) is 0 Å². The van der Waals surface area contributed by atoms with Crippen LogP contribution in [-0.2, 0) is 6.42 Å². The van der Waals surface area contributed by atoms with Crippen LogP contribution in [-0.4, -0.2) is 21.1 Å². The number of hydrogen-bond acceptors (Lipinski definition) is 4. The number of hydrogen-bond donors (Lipinski definition) is 0. The van der Waals surface area contributed by atoms with Crippen molar-refractivity contribution in [2.24, 2.45) is 0 Å². The van der Waals surface area contributed by atoms with Crippen molar-refractivity contribution >= 4 is 40.0 Å². The minimum atomic E-state index is -0.147. The first-order valence-corrected chi connectivity index (χ1v) is 11.0. The van der Waals surface area contributed by atoms with Gasteiger partial charge in [-0.15, -0.1) is 0 Å². The van der Waals surface area contributed by atoms with Crippen molar-refractivity contribution in [3.8, 4) is 5.69 Å². The maximum Gasteiger partial charge on any atom is 0.266 e. The van der Waals surface area contributed by atoms with E-state index in [0.29, 0.717) is 26.6 Å². The fourth-order valence-electron chi connectivity index (χ4n) is 3.17. The van der Waals surface area contributed by atoms with Crippen molar-refractivity contribution in [1.29, 1.82) is 0 Å². The van der Waals surface area contributed by atoms with Crippen molar-refractivity contribution in [2.75, 3.05) is 5.75 Å². The number of aromatic nitrogens is 2. The van der Waals surface area contributed by atoms with E-state index in [9.17, 15) is 9.59 Å². The van der Waals surface area contributed by atoms with Crippen LogP contribution >= 0.6 is 23.4 Å². The molecule has 0 spiro atoms. The zero-order valence-corrected chi connectivity index (χ0v) is 17.9. The zero-order valence-electron chi connectivity index (χ0n) is 16.3. The maximum absolute atomic E-state index is 13.3. The summed E-state index contributed by atoms with van der Waals surface area (Å²) in [5, 5.41) is 1.62. The number of carbonyl (C=O) groups excluding carboxylic acids is 1. The molecule has 0 bridgehead atoms. The molecule has 4 rings (SSSR count). The second-order valence-corrected chi connectivity index (χ2v) is 8.17. The number of ketones is 1. The van der Waals surface area contributed by atoms with Crippen LogP contribution in [0.25, 0.3) is 16.6 Å². The second kappa shape index (κ2) is 8.86. The smallest absolute Gasteiger partial charge is 0.266 e. The number of halogens is 1. The summed E-state index contributed by atoms with van der Waals surface area (Å²) in [4.78, 5) is 30.6. The number of rotatable bonds is 6. The van der Waals surface area contributed by atoms with Crippen LogP contribution in [0.2, 0.25) is 5.02 Å². The molecular formula is C24H19ClN2O2S. The molecule has 3 aromatic carbocycles. The third-order valence-corrected chi connectivity index (χ3v) is 6.04. The molecule has 4 aromatic rings. The van der Waals surface area contributed by atoms with Gasteiger partial charge in [0.2, 0.25) is 0 Å². The predicted molar refractivity (Wildman–Crippen MR) is 123 cm³/mol. The van der Waals surface area contributed by atoms with Gasteiger partial charge in [-0.25, -0.2) is 4.98 Å². The number of benzene rings is 3. The number of nitrogens with zero attached hydrogens (tertiary/aromatic N) is 2. The fraction of sp³-hybridized carbons (Fsp3) is 0.125. The number of fused-ring (bicyclic) bond motifs is 1. The fourth-order valence-corrected chi connectivity index (χ4v) is 4.20. The molecule has 30 heavy (non-hydrogen) atoms. The molecule has 6 heteroatoms. The molecule has 0 fully saturated rings. The third-order valence-electron chi connectivity index (χ3n) is 4.85. The number of para-hydroxylation sites is 1. The van der Waals surface area contributed by atoms with Gasteiger partial charge >= 0.3 is 0 Å². The summed E-state index contributed by atoms with van der Waals surface area (Å²) >= 11 is 7.17. The molecule has 0 saturated heterocycles. The molecule has 0 N–H and O–H groups in total. The lowest BCUT2D eigenvalue weighted by Crippen LogP contribution is -2.22. The number of thioether (sulfide) groups is 1. The van der Waals surface area contributed by atoms with Crippen molar-refractivity contribution in [3.05, 3.63) is 99.3 Å². The zero-order chi connectivity index (χ0) is 21.1. The molecule has 1 heterocycles. The van der Waals surface area contributed by atoms with E-state index >= 15 is 0 Å². The highest BCUT2D eigenvalue weighted by Gasteiger charge is 2.15. The summed E-state index contributed by atoms with van der Waals surface area (Å²) in [6, 6.07) is 21.9. The van der Waals surface area contributed by atoms with Crippen LogP contribution in [0.15, 0.2) is 82.7 Å². The van der Waals surface area contributed by atoms with E-state index < -0.39 is 0 Å². The summed E-state index contributed by atoms with van der Waals surface area (Å²) in [5.74, 6) is 0.117. The van der Waals surface area contributed by atoms with Crippen LogP contribution in [0, 0.1) is 0 Å². The van der Waals surface area contributed by atoms with Crippen molar-refractivity contribution in [1.82, 2.24) is 9.55 Å². The molecule has 4 nitrogen and oxygen atoms in total. The van der Waals surface area contributed by atoms with Gasteiger partial charge in [-0.3, -0.25) is 14.2 Å². The lowest BCUT2D eigenvalue weighted by Gasteiger charge is -2.13. The maximum atomic E-state index is 13.3. The Balaban J connectivity index is 1.74. The molecule has 0 aliphatic rings. The molecule has 0 radical (unpaired) electrons. The third kappa shape index (κ3) is 4.18. The van der Waals surface area contributed by atoms with E-state index in [1.165, 1.54) is 17.3 Å². The molecule has 0 amide bonds. The van der Waals surface area contributed by atoms with Crippen LogP contribution in [0.4, 0.5) is 0 Å². The number of carbonyl (C=O) groups is 1. The first kappa shape index (κ1) is 20.4. The summed E-state index contributed by atoms with van der Waals surface area (Å²) in [5.41, 5.74) is 2.97. The van der Waals surface area contributed by atoms with Gasteiger partial charge in [-0.05, 0) is 60.5 Å². The SMILES string of the molecule is CCc1ccc(-n2c(SCC(=O)c3ccc(Cl)cc3)nc3ccccc3c2=O)cc1. The highest BCUT2D eigenvalue weighted by atomic mass is 35.5. The van der Waals surface area contributed by atoms with Gasteiger partial charge in [0.25, 0.3) is 5.56 Å². The van der Waals surface area contributed by atoms with E-state index in [1.807, 2.05) is 42.5 Å². The Morgan fingerprint density at radius 2 is 1.70 bits per heavy atom. The summed E-state index contributed by atoms with van der Waals surface area (Å²) in [7, 11) is 0. The normalized spacial score (nSPS) is 11.0. The van der Waals surface area contributed by atoms with E-state index in [-0.39, 0.29) is 17.1 Å². The minimum Gasteiger partial charge on any atom is -0.293 e. The van der Waals surface area contributed by atoms with Gasteiger partial charge in [0, 0.05) is 10.6 Å². The standard InChI is InChI=1S/C24H19ClN2O2S/c1-2-16-7-13-19(14-8-16)27-23(29)20-5-3-4-6-21(20)26-24(27)30-15-22(28)17-9-11-18(25)12-10-17/h3-14H,2,15H2,1H3. The first-order valence-electron chi connectivity index (χ1n) is 9.59. The van der Waals surface area contributed by atoms with Gasteiger partial charge in [0.15, 0.2) is 10.9 Å². The van der Waals surface area contributed by atoms with Crippen molar-refractivity contribution in [3.63, 3.8) is 0 Å². The van der Waals surface area contributed by atoms with Gasteiger partial charge in [0.05, 0.1) is 22.3 Å². The largest absolute Gasteiger partial charge is 0.293 e. The lowest BCUT2D eigenvalue weighted by molar-refractivity contribution is 0.102. The van der Waals surface area contributed by atoms with Crippen molar-refractivity contribution < 1.29 is 4.79 Å². The molecule has 0 unspecified atom stereocenters. The van der Waals surface area contributed by atoms with E-state index in [1.54, 1.807) is 34.9 Å². The van der Waals surface area contributed by atoms with Gasteiger partial charge < -0.3 is 0 Å². The Labute approximate surface area is 183 Å². The number of aryl methyl sites for hydroxylation is 1. The van der Waals surface area contributed by atoms with E-state index in [0.717, 1.165) is 12.1 Å². The monoisotopic (exact) mass is 434 g/mol. The Kier molecular flexibility index (Phi) is 6.02. The summed E-state index contributed by atoms with van der Waals surface area (Å²) in [6.45, 7) is 2.09. The summed E-state index contributed by atoms with van der Waals surface area (Å²) in [6.07, 6.45) is 0.919. The predicted octanol–water partition coefficient (Wildman–Crippen LogP) is 5.58. The average molecular weight is 435 g/mol.